The molecule has 0 aromatic heterocycles. The number of carbonyl (C=O) groups is 2. The Morgan fingerprint density at radius 2 is 1.27 bits per heavy atom. The molecule has 2 N–H and O–H groups in total. The molecule has 2 unspecified atom stereocenters. The lowest BCUT2D eigenvalue weighted by Crippen LogP contribution is -2.46. The van der Waals surface area contributed by atoms with Gasteiger partial charge in [0.25, 0.3) is 0 Å². The van der Waals surface area contributed by atoms with Crippen molar-refractivity contribution in [1.82, 2.24) is 9.62 Å². The maximum Gasteiger partial charge on any atom is 0.322 e. The number of amides is 1. The molecule has 0 saturated carbocycles. The number of nitrogens with zero attached hydrogens (tertiary/aromatic N) is 1. The summed E-state index contributed by atoms with van der Waals surface area (Å²) in [5.74, 6) is -1.83. The van der Waals surface area contributed by atoms with Crippen LogP contribution < -0.4 is 5.32 Å². The Bertz CT molecular complexity index is 1820. The third-order valence-electron chi connectivity index (χ3n) is 8.15. The number of rotatable bonds is 10. The normalized spacial score (nSPS) is 17.2. The van der Waals surface area contributed by atoms with Gasteiger partial charge in [0.1, 0.15) is 12.6 Å². The average Bonchev–Trinajstić information content (AvgIpc) is 3.52. The summed E-state index contributed by atoms with van der Waals surface area (Å²) in [6.07, 6.45) is 0.206. The summed E-state index contributed by atoms with van der Waals surface area (Å²) in [4.78, 5) is 24.9. The number of thioether (sulfide) groups is 1. The number of aliphatic carboxylic acids is 1. The van der Waals surface area contributed by atoms with Crippen LogP contribution in [0.2, 0.25) is 0 Å². The second-order valence-electron chi connectivity index (χ2n) is 11.0. The van der Waals surface area contributed by atoms with E-state index in [1.165, 1.54) is 4.31 Å². The number of fused-ring (bicyclic) bond motifs is 1. The zero-order valence-electron chi connectivity index (χ0n) is 24.3. The number of sulfonamides is 1. The van der Waals surface area contributed by atoms with Crippen molar-refractivity contribution in [3.05, 3.63) is 150 Å². The van der Waals surface area contributed by atoms with E-state index in [0.717, 1.165) is 27.5 Å². The monoisotopic (exact) mass is 636 g/mol. The van der Waals surface area contributed by atoms with Gasteiger partial charge in [-0.15, -0.1) is 11.8 Å². The highest BCUT2D eigenvalue weighted by Gasteiger charge is 2.48. The van der Waals surface area contributed by atoms with Gasteiger partial charge in [-0.3, -0.25) is 9.59 Å². The molecule has 1 aliphatic rings. The number of hydrogen-bond acceptors (Lipinski definition) is 5. The van der Waals surface area contributed by atoms with Crippen LogP contribution >= 0.6 is 11.8 Å². The van der Waals surface area contributed by atoms with Crippen molar-refractivity contribution in [3.8, 4) is 0 Å². The zero-order chi connectivity index (χ0) is 31.4. The fraction of sp³-hybridized carbons (Fsp3) is 0.167. The molecule has 45 heavy (non-hydrogen) atoms. The van der Waals surface area contributed by atoms with Gasteiger partial charge in [-0.05, 0) is 46.0 Å². The van der Waals surface area contributed by atoms with Gasteiger partial charge in [0, 0.05) is 11.8 Å². The van der Waals surface area contributed by atoms with Gasteiger partial charge >= 0.3 is 5.97 Å². The molecule has 5 aromatic carbocycles. The van der Waals surface area contributed by atoms with Crippen molar-refractivity contribution in [2.45, 2.75) is 27.4 Å². The molecule has 1 amide bonds. The molecule has 0 aliphatic carbocycles. The third-order valence-corrected chi connectivity index (χ3v) is 11.8. The number of benzene rings is 5. The molecule has 0 spiro atoms. The first kappa shape index (κ1) is 30.6. The molecule has 0 bridgehead atoms. The molecule has 1 aliphatic heterocycles. The average molecular weight is 637 g/mol. The number of carboxylic acid groups (broad SMARTS) is 1. The molecule has 2 atom stereocenters. The molecule has 5 aromatic rings. The topological polar surface area (TPSA) is 104 Å². The van der Waals surface area contributed by atoms with E-state index in [2.05, 4.69) is 41.7 Å². The molecule has 6 rings (SSSR count). The van der Waals surface area contributed by atoms with Crippen molar-refractivity contribution in [3.63, 3.8) is 0 Å². The summed E-state index contributed by atoms with van der Waals surface area (Å²) >= 11 is 1.62. The van der Waals surface area contributed by atoms with E-state index in [1.807, 2.05) is 78.9 Å². The fourth-order valence-corrected chi connectivity index (χ4v) is 9.68. The van der Waals surface area contributed by atoms with Gasteiger partial charge in [0.15, 0.2) is 0 Å². The van der Waals surface area contributed by atoms with E-state index in [-0.39, 0.29) is 23.1 Å². The van der Waals surface area contributed by atoms with Crippen LogP contribution in [0.25, 0.3) is 10.8 Å². The summed E-state index contributed by atoms with van der Waals surface area (Å²) in [6.45, 7) is -0.530. The van der Waals surface area contributed by atoms with Crippen LogP contribution in [0.5, 0.6) is 0 Å². The quantitative estimate of drug-likeness (QED) is 0.185. The molecule has 1 saturated heterocycles. The minimum Gasteiger partial charge on any atom is -0.480 e. The number of carboxylic acids is 1. The first-order valence-corrected chi connectivity index (χ1v) is 17.0. The summed E-state index contributed by atoms with van der Waals surface area (Å²) in [5, 5.41) is 13.0. The molecule has 7 nitrogen and oxygen atoms in total. The highest BCUT2D eigenvalue weighted by molar-refractivity contribution is 8.01. The molecular weight excluding hydrogens is 605 g/mol. The Kier molecular flexibility index (Phi) is 8.76. The second kappa shape index (κ2) is 12.9. The SMILES string of the molecule is O=C(O)CNC(=O)C1CC(SC(c2ccccc2)(c2ccccc2)c2ccccc2)CN1S(=O)(=O)c1ccc2ccccc2c1. The van der Waals surface area contributed by atoms with Crippen LogP contribution in [0, 0.1) is 0 Å². The van der Waals surface area contributed by atoms with Gasteiger partial charge in [-0.25, -0.2) is 8.42 Å². The van der Waals surface area contributed by atoms with Gasteiger partial charge < -0.3 is 10.4 Å². The Balaban J connectivity index is 1.44. The minimum atomic E-state index is -4.13. The van der Waals surface area contributed by atoms with Gasteiger partial charge in [0.05, 0.1) is 9.64 Å². The Hall–Kier alpha value is -4.44. The van der Waals surface area contributed by atoms with Crippen LogP contribution in [-0.2, 0) is 24.4 Å². The summed E-state index contributed by atoms with van der Waals surface area (Å²) in [6, 6.07) is 41.6. The maximum atomic E-state index is 14.3. The summed E-state index contributed by atoms with van der Waals surface area (Å²) in [7, 11) is -4.13. The van der Waals surface area contributed by atoms with Crippen molar-refractivity contribution in [2.75, 3.05) is 13.1 Å². The Morgan fingerprint density at radius 1 is 0.756 bits per heavy atom. The fourth-order valence-electron chi connectivity index (χ4n) is 6.07. The van der Waals surface area contributed by atoms with E-state index < -0.39 is 39.2 Å². The lowest BCUT2D eigenvalue weighted by Gasteiger charge is -2.37. The highest BCUT2D eigenvalue weighted by atomic mass is 32.2. The predicted octanol–water partition coefficient (Wildman–Crippen LogP) is 5.90. The van der Waals surface area contributed by atoms with Crippen LogP contribution in [0.4, 0.5) is 0 Å². The van der Waals surface area contributed by atoms with E-state index in [1.54, 1.807) is 30.0 Å². The first-order chi connectivity index (χ1) is 21.8. The maximum absolute atomic E-state index is 14.3. The molecule has 1 fully saturated rings. The van der Waals surface area contributed by atoms with Crippen molar-refractivity contribution in [2.24, 2.45) is 0 Å². The lowest BCUT2D eigenvalue weighted by atomic mass is 9.84. The van der Waals surface area contributed by atoms with Gasteiger partial charge in [0.2, 0.25) is 15.9 Å². The van der Waals surface area contributed by atoms with Crippen LogP contribution in [0.3, 0.4) is 0 Å². The van der Waals surface area contributed by atoms with Gasteiger partial charge in [-0.1, -0.05) is 121 Å². The first-order valence-electron chi connectivity index (χ1n) is 14.6. The summed E-state index contributed by atoms with van der Waals surface area (Å²) < 4.78 is 29.1. The molecule has 1 heterocycles. The van der Waals surface area contributed by atoms with E-state index in [0.29, 0.717) is 0 Å². The highest BCUT2D eigenvalue weighted by Crippen LogP contribution is 2.52. The molecule has 9 heteroatoms. The van der Waals surface area contributed by atoms with Crippen LogP contribution in [-0.4, -0.2) is 54.1 Å². The Labute approximate surface area is 267 Å². The van der Waals surface area contributed by atoms with Crippen LogP contribution in [0.15, 0.2) is 138 Å². The second-order valence-corrected chi connectivity index (χ2v) is 14.4. The zero-order valence-corrected chi connectivity index (χ0v) is 26.0. The van der Waals surface area contributed by atoms with E-state index in [4.69, 9.17) is 0 Å². The van der Waals surface area contributed by atoms with E-state index >= 15 is 0 Å². The standard InChI is InChI=1S/C36H32N2O5S2/c39-34(40)24-37-35(41)33-23-31(25-38(33)45(42,43)32-21-20-26-12-10-11-13-27(26)22-32)44-36(28-14-4-1-5-15-28,29-16-6-2-7-17-29)30-18-8-3-9-19-30/h1-22,31,33H,23-25H2,(H,37,41)(H,39,40). The smallest absolute Gasteiger partial charge is 0.322 e. The van der Waals surface area contributed by atoms with E-state index in [9.17, 15) is 23.1 Å². The molecular formula is C36H32N2O5S2. The number of hydrogen-bond donors (Lipinski definition) is 2. The molecule has 228 valence electrons. The summed E-state index contributed by atoms with van der Waals surface area (Å²) in [5.41, 5.74) is 3.07. The number of nitrogens with one attached hydrogen (secondary N) is 1. The van der Waals surface area contributed by atoms with Crippen molar-refractivity contribution >= 4 is 44.4 Å². The van der Waals surface area contributed by atoms with Gasteiger partial charge in [-0.2, -0.15) is 4.31 Å². The largest absolute Gasteiger partial charge is 0.480 e. The van der Waals surface area contributed by atoms with Crippen molar-refractivity contribution in [1.29, 1.82) is 0 Å². The lowest BCUT2D eigenvalue weighted by molar-refractivity contribution is -0.138. The molecule has 0 radical (unpaired) electrons. The van der Waals surface area contributed by atoms with Crippen molar-refractivity contribution < 1.29 is 23.1 Å². The Morgan fingerprint density at radius 3 is 1.80 bits per heavy atom. The number of carbonyl (C=O) groups excluding carboxylic acids is 1. The minimum absolute atomic E-state index is 0.0687. The predicted molar refractivity (Wildman–Crippen MR) is 177 cm³/mol. The van der Waals surface area contributed by atoms with Crippen LogP contribution in [0.1, 0.15) is 23.1 Å². The third kappa shape index (κ3) is 6.11.